The van der Waals surface area contributed by atoms with Crippen LogP contribution in [0.25, 0.3) is 0 Å². The van der Waals surface area contributed by atoms with Gasteiger partial charge < -0.3 is 10.2 Å². The van der Waals surface area contributed by atoms with E-state index in [0.717, 1.165) is 31.4 Å². The van der Waals surface area contributed by atoms with Crippen LogP contribution in [-0.2, 0) is 0 Å². The minimum absolute atomic E-state index is 0.407. The van der Waals surface area contributed by atoms with Gasteiger partial charge in [-0.15, -0.1) is 0 Å². The van der Waals surface area contributed by atoms with E-state index in [9.17, 15) is 0 Å². The summed E-state index contributed by atoms with van der Waals surface area (Å²) in [5.74, 6) is 2.09. The van der Waals surface area contributed by atoms with Crippen LogP contribution in [0.4, 0.5) is 5.82 Å². The van der Waals surface area contributed by atoms with Gasteiger partial charge in [-0.25, -0.2) is 4.98 Å². The van der Waals surface area contributed by atoms with Gasteiger partial charge in [0.05, 0.1) is 0 Å². The number of rotatable bonds is 7. The van der Waals surface area contributed by atoms with Crippen LogP contribution < -0.4 is 10.2 Å². The number of pyridine rings is 1. The standard InChI is InChI=1S/C18H31N3/c1-4-6-16-8-12-21(13-9-16)18-14-17(7-11-20-18)15(3)19-10-5-2/h7,11,14-16,19H,4-6,8-10,12-13H2,1-3H3. The maximum atomic E-state index is 4.59. The molecule has 0 amide bonds. The molecule has 1 aromatic rings. The molecular weight excluding hydrogens is 258 g/mol. The second-order valence-corrected chi connectivity index (χ2v) is 6.34. The van der Waals surface area contributed by atoms with Crippen LogP contribution in [0.15, 0.2) is 18.3 Å². The Kier molecular flexibility index (Phi) is 6.50. The molecule has 1 fully saturated rings. The number of hydrogen-bond acceptors (Lipinski definition) is 3. The molecule has 1 aliphatic heterocycles. The highest BCUT2D eigenvalue weighted by atomic mass is 15.2. The van der Waals surface area contributed by atoms with E-state index in [2.05, 4.69) is 48.1 Å². The van der Waals surface area contributed by atoms with Crippen molar-refractivity contribution in [1.29, 1.82) is 0 Å². The van der Waals surface area contributed by atoms with E-state index in [-0.39, 0.29) is 0 Å². The number of anilines is 1. The summed E-state index contributed by atoms with van der Waals surface area (Å²) in [5.41, 5.74) is 1.35. The predicted molar refractivity (Wildman–Crippen MR) is 90.8 cm³/mol. The molecular formula is C18H31N3. The Morgan fingerprint density at radius 1 is 1.29 bits per heavy atom. The van der Waals surface area contributed by atoms with Crippen LogP contribution >= 0.6 is 0 Å². The second-order valence-electron chi connectivity index (χ2n) is 6.34. The lowest BCUT2D eigenvalue weighted by Gasteiger charge is -2.33. The molecule has 0 bridgehead atoms. The molecule has 21 heavy (non-hydrogen) atoms. The van der Waals surface area contributed by atoms with Gasteiger partial charge in [0.25, 0.3) is 0 Å². The fraction of sp³-hybridized carbons (Fsp3) is 0.722. The van der Waals surface area contributed by atoms with Gasteiger partial charge in [0.1, 0.15) is 5.82 Å². The van der Waals surface area contributed by atoms with Gasteiger partial charge in [-0.3, -0.25) is 0 Å². The quantitative estimate of drug-likeness (QED) is 0.817. The largest absolute Gasteiger partial charge is 0.357 e. The van der Waals surface area contributed by atoms with Gasteiger partial charge in [-0.2, -0.15) is 0 Å². The zero-order chi connectivity index (χ0) is 15.1. The van der Waals surface area contributed by atoms with Crippen LogP contribution in [0, 0.1) is 5.92 Å². The Balaban J connectivity index is 1.95. The third kappa shape index (κ3) is 4.70. The third-order valence-corrected chi connectivity index (χ3v) is 4.61. The van der Waals surface area contributed by atoms with Gasteiger partial charge >= 0.3 is 0 Å². The zero-order valence-corrected chi connectivity index (χ0v) is 13.9. The minimum atomic E-state index is 0.407. The lowest BCUT2D eigenvalue weighted by atomic mass is 9.92. The van der Waals surface area contributed by atoms with Crippen LogP contribution in [-0.4, -0.2) is 24.6 Å². The van der Waals surface area contributed by atoms with Gasteiger partial charge in [0, 0.05) is 25.3 Å². The first-order chi connectivity index (χ1) is 10.2. The molecule has 1 N–H and O–H groups in total. The summed E-state index contributed by atoms with van der Waals surface area (Å²) in [6, 6.07) is 4.82. The fourth-order valence-corrected chi connectivity index (χ4v) is 3.21. The van der Waals surface area contributed by atoms with Crippen molar-refractivity contribution in [3.8, 4) is 0 Å². The molecule has 0 spiro atoms. The number of hydrogen-bond donors (Lipinski definition) is 1. The van der Waals surface area contributed by atoms with Gasteiger partial charge in [0.2, 0.25) is 0 Å². The molecule has 1 aromatic heterocycles. The van der Waals surface area contributed by atoms with E-state index >= 15 is 0 Å². The van der Waals surface area contributed by atoms with E-state index in [1.807, 2.05) is 6.20 Å². The molecule has 1 aliphatic rings. The Labute approximate surface area is 130 Å². The van der Waals surface area contributed by atoms with Crippen molar-refractivity contribution in [2.24, 2.45) is 5.92 Å². The Morgan fingerprint density at radius 2 is 2.05 bits per heavy atom. The molecule has 1 atom stereocenters. The summed E-state index contributed by atoms with van der Waals surface area (Å²) < 4.78 is 0. The van der Waals surface area contributed by atoms with Crippen LogP contribution in [0.1, 0.15) is 64.5 Å². The molecule has 3 nitrogen and oxygen atoms in total. The predicted octanol–water partition coefficient (Wildman–Crippen LogP) is 4.16. The summed E-state index contributed by atoms with van der Waals surface area (Å²) in [5, 5.41) is 3.56. The Hall–Kier alpha value is -1.09. The fourth-order valence-electron chi connectivity index (χ4n) is 3.21. The van der Waals surface area contributed by atoms with Crippen LogP contribution in [0.5, 0.6) is 0 Å². The Morgan fingerprint density at radius 3 is 2.71 bits per heavy atom. The van der Waals surface area contributed by atoms with Crippen LogP contribution in [0.2, 0.25) is 0 Å². The number of nitrogens with zero attached hydrogens (tertiary/aromatic N) is 2. The minimum Gasteiger partial charge on any atom is -0.357 e. The highest BCUT2D eigenvalue weighted by molar-refractivity contribution is 5.42. The average molecular weight is 289 g/mol. The topological polar surface area (TPSA) is 28.2 Å². The van der Waals surface area contributed by atoms with E-state index in [1.54, 1.807) is 0 Å². The Bertz CT molecular complexity index is 411. The molecule has 1 saturated heterocycles. The SMILES string of the molecule is CCCNC(C)c1ccnc(N2CCC(CCC)CC2)c1. The average Bonchev–Trinajstić information content (AvgIpc) is 2.54. The molecule has 0 radical (unpaired) electrons. The monoisotopic (exact) mass is 289 g/mol. The van der Waals surface area contributed by atoms with Crippen molar-refractivity contribution in [1.82, 2.24) is 10.3 Å². The van der Waals surface area contributed by atoms with Crippen molar-refractivity contribution in [3.05, 3.63) is 23.9 Å². The molecule has 2 heterocycles. The molecule has 1 unspecified atom stereocenters. The first-order valence-corrected chi connectivity index (χ1v) is 8.68. The van der Waals surface area contributed by atoms with E-state index in [0.29, 0.717) is 6.04 Å². The normalized spacial score (nSPS) is 18.0. The maximum Gasteiger partial charge on any atom is 0.128 e. The van der Waals surface area contributed by atoms with Crippen molar-refractivity contribution < 1.29 is 0 Å². The van der Waals surface area contributed by atoms with E-state index in [1.165, 1.54) is 37.7 Å². The van der Waals surface area contributed by atoms with E-state index in [4.69, 9.17) is 0 Å². The van der Waals surface area contributed by atoms with Gasteiger partial charge in [-0.1, -0.05) is 26.7 Å². The molecule has 2 rings (SSSR count). The smallest absolute Gasteiger partial charge is 0.128 e. The highest BCUT2D eigenvalue weighted by Crippen LogP contribution is 2.26. The highest BCUT2D eigenvalue weighted by Gasteiger charge is 2.19. The third-order valence-electron chi connectivity index (χ3n) is 4.61. The number of aromatic nitrogens is 1. The number of nitrogens with one attached hydrogen (secondary N) is 1. The summed E-state index contributed by atoms with van der Waals surface area (Å²) in [4.78, 5) is 7.06. The van der Waals surface area contributed by atoms with Crippen molar-refractivity contribution in [3.63, 3.8) is 0 Å². The molecule has 118 valence electrons. The lowest BCUT2D eigenvalue weighted by molar-refractivity contribution is 0.377. The molecule has 0 saturated carbocycles. The molecule has 0 aromatic carbocycles. The van der Waals surface area contributed by atoms with Gasteiger partial charge in [0.15, 0.2) is 0 Å². The summed E-state index contributed by atoms with van der Waals surface area (Å²) in [7, 11) is 0. The first-order valence-electron chi connectivity index (χ1n) is 8.68. The molecule has 3 heteroatoms. The summed E-state index contributed by atoms with van der Waals surface area (Å²) >= 11 is 0. The first kappa shape index (κ1) is 16.3. The zero-order valence-electron chi connectivity index (χ0n) is 13.9. The van der Waals surface area contributed by atoms with Crippen molar-refractivity contribution in [2.45, 2.75) is 58.9 Å². The summed E-state index contributed by atoms with van der Waals surface area (Å²) in [6.45, 7) is 10.1. The van der Waals surface area contributed by atoms with E-state index < -0.39 is 0 Å². The number of piperidine rings is 1. The van der Waals surface area contributed by atoms with Crippen molar-refractivity contribution >= 4 is 5.82 Å². The lowest BCUT2D eigenvalue weighted by Crippen LogP contribution is -2.34. The molecule has 0 aliphatic carbocycles. The van der Waals surface area contributed by atoms with Crippen molar-refractivity contribution in [2.75, 3.05) is 24.5 Å². The van der Waals surface area contributed by atoms with Gasteiger partial charge in [-0.05, 0) is 56.3 Å². The van der Waals surface area contributed by atoms with Crippen LogP contribution in [0.3, 0.4) is 0 Å². The maximum absolute atomic E-state index is 4.59. The second kappa shape index (κ2) is 8.38. The summed E-state index contributed by atoms with van der Waals surface area (Å²) in [6.07, 6.45) is 8.49.